The maximum Gasteiger partial charge on any atom is 0.297 e. The highest BCUT2D eigenvalue weighted by molar-refractivity contribution is 7.86. The summed E-state index contributed by atoms with van der Waals surface area (Å²) in [5, 5.41) is 28.6. The molecule has 1 aliphatic heterocycles. The van der Waals surface area contributed by atoms with Gasteiger partial charge in [0.05, 0.1) is 11.5 Å². The van der Waals surface area contributed by atoms with Gasteiger partial charge >= 0.3 is 0 Å². The summed E-state index contributed by atoms with van der Waals surface area (Å²) < 4.78 is 33.6. The van der Waals surface area contributed by atoms with Crippen molar-refractivity contribution in [2.45, 2.75) is 36.4 Å². The predicted molar refractivity (Wildman–Crippen MR) is 67.2 cm³/mol. The van der Waals surface area contributed by atoms with E-state index in [1.54, 1.807) is 19.1 Å². The van der Waals surface area contributed by atoms with Gasteiger partial charge in [-0.1, -0.05) is 17.7 Å². The Bertz CT molecular complexity index is 554. The lowest BCUT2D eigenvalue weighted by Gasteiger charge is -2.34. The number of hydrogen-bond donors (Lipinski definition) is 3. The van der Waals surface area contributed by atoms with Crippen molar-refractivity contribution in [3.05, 3.63) is 29.8 Å². The molecule has 0 spiro atoms. The molecule has 2 rings (SSSR count). The molecule has 112 valence electrons. The number of ether oxygens (including phenoxy) is 1. The minimum absolute atomic E-state index is 0.109. The average Bonchev–Trinajstić information content (AvgIpc) is 2.40. The second kappa shape index (κ2) is 5.76. The molecule has 0 unspecified atom stereocenters. The Balaban J connectivity index is 2.20. The van der Waals surface area contributed by atoms with E-state index in [4.69, 9.17) is 8.92 Å². The second-order valence-corrected chi connectivity index (χ2v) is 6.18. The molecule has 1 heterocycles. The standard InChI is InChI=1S/C12H16O7S/c1-7-2-4-8(5-3-7)20(16,17)19-11-10(14)9(13)6-18-12(11)15/h2-5,9-15H,6H2,1H3/t9-,10-,11+,12-/m0/s1. The van der Waals surface area contributed by atoms with Gasteiger partial charge in [-0.05, 0) is 19.1 Å². The molecule has 0 aromatic heterocycles. The lowest BCUT2D eigenvalue weighted by Crippen LogP contribution is -2.54. The van der Waals surface area contributed by atoms with Gasteiger partial charge in [-0.3, -0.25) is 4.18 Å². The highest BCUT2D eigenvalue weighted by Gasteiger charge is 2.41. The largest absolute Gasteiger partial charge is 0.388 e. The van der Waals surface area contributed by atoms with E-state index < -0.39 is 34.7 Å². The summed E-state index contributed by atoms with van der Waals surface area (Å²) in [6.07, 6.45) is -6.09. The molecule has 3 N–H and O–H groups in total. The van der Waals surface area contributed by atoms with Gasteiger partial charge < -0.3 is 20.1 Å². The van der Waals surface area contributed by atoms with Crippen LogP contribution in [0, 0.1) is 6.92 Å². The predicted octanol–water partition coefficient (Wildman–Crippen LogP) is -0.861. The molecule has 4 atom stereocenters. The molecule has 7 nitrogen and oxygen atoms in total. The fourth-order valence-corrected chi connectivity index (χ4v) is 2.87. The number of hydrogen-bond acceptors (Lipinski definition) is 7. The lowest BCUT2D eigenvalue weighted by molar-refractivity contribution is -0.244. The van der Waals surface area contributed by atoms with Crippen LogP contribution in [0.1, 0.15) is 5.56 Å². The zero-order valence-electron chi connectivity index (χ0n) is 10.7. The summed E-state index contributed by atoms with van der Waals surface area (Å²) in [5.41, 5.74) is 0.875. The van der Waals surface area contributed by atoms with E-state index >= 15 is 0 Å². The molecule has 1 saturated heterocycles. The Morgan fingerprint density at radius 3 is 2.40 bits per heavy atom. The van der Waals surface area contributed by atoms with E-state index in [9.17, 15) is 23.7 Å². The quantitative estimate of drug-likeness (QED) is 0.623. The van der Waals surface area contributed by atoms with E-state index in [1.165, 1.54) is 12.1 Å². The van der Waals surface area contributed by atoms with Gasteiger partial charge in [0.1, 0.15) is 12.2 Å². The fraction of sp³-hybridized carbons (Fsp3) is 0.500. The normalized spacial score (nSPS) is 31.2. The fourth-order valence-electron chi connectivity index (χ4n) is 1.79. The van der Waals surface area contributed by atoms with Crippen LogP contribution in [-0.4, -0.2) is 54.9 Å². The molecular formula is C12H16O7S. The van der Waals surface area contributed by atoms with Crippen molar-refractivity contribution < 1.29 is 32.7 Å². The SMILES string of the molecule is Cc1ccc(S(=O)(=O)O[C@@H]2[C@@H](O)[C@@H](O)CO[C@@H]2O)cc1. The van der Waals surface area contributed by atoms with Crippen LogP contribution in [0.15, 0.2) is 29.2 Å². The molecule has 1 fully saturated rings. The molecule has 0 aliphatic carbocycles. The summed E-state index contributed by atoms with van der Waals surface area (Å²) in [7, 11) is -4.18. The van der Waals surface area contributed by atoms with E-state index in [0.29, 0.717) is 0 Å². The van der Waals surface area contributed by atoms with Gasteiger partial charge in [0, 0.05) is 0 Å². The number of rotatable bonds is 3. The maximum atomic E-state index is 12.0. The van der Waals surface area contributed by atoms with Crippen molar-refractivity contribution in [2.75, 3.05) is 6.61 Å². The molecular weight excluding hydrogens is 288 g/mol. The number of aliphatic hydroxyl groups is 3. The third-order valence-electron chi connectivity index (χ3n) is 3.00. The zero-order chi connectivity index (χ0) is 14.9. The summed E-state index contributed by atoms with van der Waals surface area (Å²) in [5.74, 6) is 0. The first-order valence-electron chi connectivity index (χ1n) is 5.97. The first-order valence-corrected chi connectivity index (χ1v) is 7.38. The van der Waals surface area contributed by atoms with E-state index in [0.717, 1.165) is 5.56 Å². The van der Waals surface area contributed by atoms with E-state index in [-0.39, 0.29) is 11.5 Å². The first-order chi connectivity index (χ1) is 9.31. The topological polar surface area (TPSA) is 113 Å². The third-order valence-corrected chi connectivity index (χ3v) is 4.32. The van der Waals surface area contributed by atoms with Gasteiger partial charge in [0.2, 0.25) is 0 Å². The number of aryl methyl sites for hydroxylation is 1. The van der Waals surface area contributed by atoms with Crippen LogP contribution < -0.4 is 0 Å². The smallest absolute Gasteiger partial charge is 0.297 e. The molecule has 0 amide bonds. The molecule has 0 saturated carbocycles. The van der Waals surface area contributed by atoms with Crippen molar-refractivity contribution in [3.8, 4) is 0 Å². The minimum Gasteiger partial charge on any atom is -0.388 e. The van der Waals surface area contributed by atoms with E-state index in [1.807, 2.05) is 0 Å². The lowest BCUT2D eigenvalue weighted by atomic mass is 10.1. The second-order valence-electron chi connectivity index (χ2n) is 4.61. The Labute approximate surface area is 116 Å². The average molecular weight is 304 g/mol. The van der Waals surface area contributed by atoms with Gasteiger partial charge in [-0.2, -0.15) is 8.42 Å². The molecule has 1 aliphatic rings. The van der Waals surface area contributed by atoms with Crippen LogP contribution in [0.4, 0.5) is 0 Å². The maximum absolute atomic E-state index is 12.0. The highest BCUT2D eigenvalue weighted by Crippen LogP contribution is 2.22. The van der Waals surface area contributed by atoms with Crippen molar-refractivity contribution in [2.24, 2.45) is 0 Å². The molecule has 0 radical (unpaired) electrons. The van der Waals surface area contributed by atoms with Crippen LogP contribution in [0.5, 0.6) is 0 Å². The van der Waals surface area contributed by atoms with Crippen LogP contribution in [-0.2, 0) is 19.0 Å². The van der Waals surface area contributed by atoms with Crippen molar-refractivity contribution >= 4 is 10.1 Å². The van der Waals surface area contributed by atoms with Crippen LogP contribution in [0.25, 0.3) is 0 Å². The first kappa shape index (κ1) is 15.4. The molecule has 8 heteroatoms. The van der Waals surface area contributed by atoms with E-state index in [2.05, 4.69) is 0 Å². The number of benzene rings is 1. The van der Waals surface area contributed by atoms with Crippen molar-refractivity contribution in [3.63, 3.8) is 0 Å². The van der Waals surface area contributed by atoms with Gasteiger partial charge in [-0.25, -0.2) is 0 Å². The Hall–Kier alpha value is -1.03. The summed E-state index contributed by atoms with van der Waals surface area (Å²) in [6, 6.07) is 5.89. The van der Waals surface area contributed by atoms with Crippen LogP contribution in [0.2, 0.25) is 0 Å². The summed E-state index contributed by atoms with van der Waals surface area (Å²) in [6.45, 7) is 1.50. The van der Waals surface area contributed by atoms with Crippen LogP contribution in [0.3, 0.4) is 0 Å². The molecule has 1 aromatic rings. The zero-order valence-corrected chi connectivity index (χ0v) is 11.5. The van der Waals surface area contributed by atoms with Crippen molar-refractivity contribution in [1.29, 1.82) is 0 Å². The third kappa shape index (κ3) is 3.17. The summed E-state index contributed by atoms with van der Waals surface area (Å²) in [4.78, 5) is -0.109. The monoisotopic (exact) mass is 304 g/mol. The van der Waals surface area contributed by atoms with Gasteiger partial charge in [0.25, 0.3) is 10.1 Å². The number of aliphatic hydroxyl groups excluding tert-OH is 3. The Morgan fingerprint density at radius 1 is 1.20 bits per heavy atom. The minimum atomic E-state index is -4.18. The molecule has 20 heavy (non-hydrogen) atoms. The summed E-state index contributed by atoms with van der Waals surface area (Å²) >= 11 is 0. The van der Waals surface area contributed by atoms with Crippen LogP contribution >= 0.6 is 0 Å². The molecule has 0 bridgehead atoms. The van der Waals surface area contributed by atoms with Crippen molar-refractivity contribution in [1.82, 2.24) is 0 Å². The van der Waals surface area contributed by atoms with Gasteiger partial charge in [0.15, 0.2) is 12.4 Å². The van der Waals surface area contributed by atoms with Gasteiger partial charge in [-0.15, -0.1) is 0 Å². The molecule has 1 aromatic carbocycles. The Kier molecular flexibility index (Phi) is 4.43. The Morgan fingerprint density at radius 2 is 1.80 bits per heavy atom. The highest BCUT2D eigenvalue weighted by atomic mass is 32.2.